The van der Waals surface area contributed by atoms with Gasteiger partial charge >= 0.3 is 6.03 Å². The van der Waals surface area contributed by atoms with E-state index in [4.69, 9.17) is 0 Å². The highest BCUT2D eigenvalue weighted by molar-refractivity contribution is 9.10. The zero-order valence-electron chi connectivity index (χ0n) is 9.81. The summed E-state index contributed by atoms with van der Waals surface area (Å²) in [5.41, 5.74) is 0. The van der Waals surface area contributed by atoms with Gasteiger partial charge in [-0.15, -0.1) is 11.3 Å². The first kappa shape index (κ1) is 13.9. The van der Waals surface area contributed by atoms with Crippen molar-refractivity contribution >= 4 is 51.0 Å². The Balaban J connectivity index is 2.03. The minimum Gasteiger partial charge on any atom is -0.326 e. The molecule has 0 saturated carbocycles. The van der Waals surface area contributed by atoms with Crippen LogP contribution >= 0.6 is 39.0 Å². The number of hydrogen-bond acceptors (Lipinski definition) is 4. The highest BCUT2D eigenvalue weighted by atomic mass is 79.9. The van der Waals surface area contributed by atoms with Crippen molar-refractivity contribution in [3.05, 3.63) is 20.8 Å². The van der Waals surface area contributed by atoms with Crippen LogP contribution in [0.25, 0.3) is 0 Å². The van der Waals surface area contributed by atoms with Crippen molar-refractivity contribution in [1.29, 1.82) is 0 Å². The summed E-state index contributed by atoms with van der Waals surface area (Å²) in [5.74, 6) is 0.752. The number of thioether (sulfide) groups is 1. The lowest BCUT2D eigenvalue weighted by Gasteiger charge is -2.12. The standard InChI is InChI=1S/C11H13BrN2O2S2/c1-17-4-3-8-10(15)14(11(16)13-8)6-9-7(12)2-5-18-9/h2,5,8H,3-4,6H2,1H3,(H,13,16). The number of hydrogen-bond donors (Lipinski definition) is 1. The van der Waals surface area contributed by atoms with Crippen LogP contribution in [0.1, 0.15) is 11.3 Å². The molecule has 98 valence electrons. The Morgan fingerprint density at radius 2 is 2.33 bits per heavy atom. The molecule has 0 aliphatic carbocycles. The molecule has 0 spiro atoms. The lowest BCUT2D eigenvalue weighted by atomic mass is 10.2. The summed E-state index contributed by atoms with van der Waals surface area (Å²) in [5, 5.41) is 4.67. The van der Waals surface area contributed by atoms with Crippen molar-refractivity contribution in [3.8, 4) is 0 Å². The van der Waals surface area contributed by atoms with Crippen LogP contribution in [0.5, 0.6) is 0 Å². The van der Waals surface area contributed by atoms with Crippen LogP contribution in [0, 0.1) is 0 Å². The summed E-state index contributed by atoms with van der Waals surface area (Å²) in [6, 6.07) is 1.28. The van der Waals surface area contributed by atoms with Gasteiger partial charge in [0.05, 0.1) is 6.54 Å². The largest absolute Gasteiger partial charge is 0.326 e. The molecule has 0 bridgehead atoms. The number of nitrogens with one attached hydrogen (secondary N) is 1. The monoisotopic (exact) mass is 348 g/mol. The van der Waals surface area contributed by atoms with Gasteiger partial charge in [-0.05, 0) is 45.8 Å². The van der Waals surface area contributed by atoms with E-state index in [-0.39, 0.29) is 18.0 Å². The van der Waals surface area contributed by atoms with Gasteiger partial charge in [-0.2, -0.15) is 11.8 Å². The Morgan fingerprint density at radius 1 is 1.56 bits per heavy atom. The zero-order chi connectivity index (χ0) is 13.1. The molecule has 1 unspecified atom stereocenters. The third-order valence-corrected chi connectivity index (χ3v) is 5.27. The van der Waals surface area contributed by atoms with Crippen molar-refractivity contribution in [2.24, 2.45) is 0 Å². The van der Waals surface area contributed by atoms with Crippen LogP contribution in [0.15, 0.2) is 15.9 Å². The molecule has 1 aromatic rings. The number of carbonyl (C=O) groups excluding carboxylic acids is 2. The Bertz CT molecular complexity index is 464. The van der Waals surface area contributed by atoms with E-state index in [9.17, 15) is 9.59 Å². The smallest absolute Gasteiger partial charge is 0.325 e. The summed E-state index contributed by atoms with van der Waals surface area (Å²) in [7, 11) is 0. The second-order valence-electron chi connectivity index (χ2n) is 3.90. The molecule has 0 aromatic carbocycles. The Labute approximate surface area is 122 Å². The average Bonchev–Trinajstić information content (AvgIpc) is 2.86. The molecule has 1 atom stereocenters. The summed E-state index contributed by atoms with van der Waals surface area (Å²) in [6.45, 7) is 0.346. The number of halogens is 1. The SMILES string of the molecule is CSCCC1NC(=O)N(Cc2sccc2Br)C1=O. The van der Waals surface area contributed by atoms with Crippen molar-refractivity contribution in [2.75, 3.05) is 12.0 Å². The van der Waals surface area contributed by atoms with E-state index in [1.165, 1.54) is 16.2 Å². The van der Waals surface area contributed by atoms with Crippen molar-refractivity contribution in [1.82, 2.24) is 10.2 Å². The van der Waals surface area contributed by atoms with Crippen LogP contribution in [-0.2, 0) is 11.3 Å². The molecular weight excluding hydrogens is 336 g/mol. The van der Waals surface area contributed by atoms with E-state index in [0.29, 0.717) is 13.0 Å². The number of thiophene rings is 1. The van der Waals surface area contributed by atoms with Gasteiger partial charge in [0.25, 0.3) is 5.91 Å². The Kier molecular flexibility index (Phi) is 4.69. The molecule has 2 heterocycles. The van der Waals surface area contributed by atoms with Crippen molar-refractivity contribution in [2.45, 2.75) is 19.0 Å². The topological polar surface area (TPSA) is 49.4 Å². The summed E-state index contributed by atoms with van der Waals surface area (Å²) in [4.78, 5) is 26.1. The Hall–Kier alpha value is -0.530. The maximum absolute atomic E-state index is 12.1. The van der Waals surface area contributed by atoms with E-state index >= 15 is 0 Å². The van der Waals surface area contributed by atoms with Gasteiger partial charge in [0.15, 0.2) is 0 Å². The lowest BCUT2D eigenvalue weighted by molar-refractivity contribution is -0.127. The van der Waals surface area contributed by atoms with E-state index in [2.05, 4.69) is 21.2 Å². The molecule has 1 aromatic heterocycles. The first-order chi connectivity index (χ1) is 8.63. The normalized spacial score (nSPS) is 19.4. The predicted molar refractivity (Wildman–Crippen MR) is 77.9 cm³/mol. The molecule has 1 aliphatic heterocycles. The number of nitrogens with zero attached hydrogens (tertiary/aromatic N) is 1. The maximum atomic E-state index is 12.1. The molecule has 7 heteroatoms. The molecule has 1 fully saturated rings. The van der Waals surface area contributed by atoms with Crippen LogP contribution < -0.4 is 5.32 Å². The fraction of sp³-hybridized carbons (Fsp3) is 0.455. The van der Waals surface area contributed by atoms with Gasteiger partial charge in [-0.25, -0.2) is 4.79 Å². The molecule has 4 nitrogen and oxygen atoms in total. The zero-order valence-corrected chi connectivity index (χ0v) is 13.0. The number of imide groups is 1. The second kappa shape index (κ2) is 6.08. The highest BCUT2D eigenvalue weighted by Crippen LogP contribution is 2.25. The van der Waals surface area contributed by atoms with E-state index in [1.54, 1.807) is 11.8 Å². The van der Waals surface area contributed by atoms with E-state index in [1.807, 2.05) is 17.7 Å². The fourth-order valence-electron chi connectivity index (χ4n) is 1.74. The van der Waals surface area contributed by atoms with Crippen molar-refractivity contribution < 1.29 is 9.59 Å². The molecule has 1 saturated heterocycles. The van der Waals surface area contributed by atoms with Crippen LogP contribution in [0.4, 0.5) is 4.79 Å². The molecule has 1 aliphatic rings. The van der Waals surface area contributed by atoms with Crippen molar-refractivity contribution in [3.63, 3.8) is 0 Å². The molecule has 18 heavy (non-hydrogen) atoms. The van der Waals surface area contributed by atoms with Gasteiger partial charge in [0.1, 0.15) is 6.04 Å². The molecular formula is C11H13BrN2O2S2. The minimum absolute atomic E-state index is 0.116. The van der Waals surface area contributed by atoms with Gasteiger partial charge in [0, 0.05) is 9.35 Å². The first-order valence-electron chi connectivity index (χ1n) is 5.46. The highest BCUT2D eigenvalue weighted by Gasteiger charge is 2.37. The van der Waals surface area contributed by atoms with Gasteiger partial charge in [-0.1, -0.05) is 0 Å². The summed E-state index contributed by atoms with van der Waals surface area (Å²) >= 11 is 6.62. The quantitative estimate of drug-likeness (QED) is 0.832. The van der Waals surface area contributed by atoms with Gasteiger partial charge in [-0.3, -0.25) is 9.69 Å². The van der Waals surface area contributed by atoms with Crippen LogP contribution in [0.2, 0.25) is 0 Å². The average molecular weight is 349 g/mol. The Morgan fingerprint density at radius 3 is 2.94 bits per heavy atom. The van der Waals surface area contributed by atoms with E-state index < -0.39 is 0 Å². The number of urea groups is 1. The van der Waals surface area contributed by atoms with Crippen LogP contribution in [-0.4, -0.2) is 34.9 Å². The van der Waals surface area contributed by atoms with Gasteiger partial charge in [0.2, 0.25) is 0 Å². The minimum atomic E-state index is -0.358. The summed E-state index contributed by atoms with van der Waals surface area (Å²) in [6.07, 6.45) is 2.68. The van der Waals surface area contributed by atoms with Crippen LogP contribution in [0.3, 0.4) is 0 Å². The maximum Gasteiger partial charge on any atom is 0.325 e. The predicted octanol–water partition coefficient (Wildman–Crippen LogP) is 2.68. The van der Waals surface area contributed by atoms with Gasteiger partial charge < -0.3 is 5.32 Å². The molecule has 0 radical (unpaired) electrons. The van der Waals surface area contributed by atoms with E-state index in [0.717, 1.165) is 15.1 Å². The number of amides is 3. The lowest BCUT2D eigenvalue weighted by Crippen LogP contribution is -2.31. The molecule has 3 amide bonds. The fourth-order valence-corrected chi connectivity index (χ4v) is 3.68. The molecule has 1 N–H and O–H groups in total. The number of carbonyl (C=O) groups is 2. The third kappa shape index (κ3) is 2.89. The molecule has 2 rings (SSSR count). The number of rotatable bonds is 5. The second-order valence-corrected chi connectivity index (χ2v) is 6.74. The third-order valence-electron chi connectivity index (χ3n) is 2.71. The summed E-state index contributed by atoms with van der Waals surface area (Å²) < 4.78 is 0.945. The first-order valence-corrected chi connectivity index (χ1v) is 8.53.